The molecule has 32 heavy (non-hydrogen) atoms. The molecule has 0 atom stereocenters. The minimum Gasteiger partial charge on any atom is -0.465 e. The van der Waals surface area contributed by atoms with Crippen LogP contribution in [0, 0.1) is 6.92 Å². The number of esters is 1. The zero-order valence-corrected chi connectivity index (χ0v) is 17.6. The van der Waals surface area contributed by atoms with Crippen molar-refractivity contribution in [2.45, 2.75) is 6.92 Å². The fourth-order valence-electron chi connectivity index (χ4n) is 3.48. The van der Waals surface area contributed by atoms with Gasteiger partial charge in [-0.15, -0.1) is 0 Å². The largest absolute Gasteiger partial charge is 0.465 e. The number of hydrogen-bond donors (Lipinski definition) is 2. The molecule has 2 aromatic carbocycles. The van der Waals surface area contributed by atoms with Crippen molar-refractivity contribution in [3.63, 3.8) is 0 Å². The molecule has 1 amide bonds. The fraction of sp³-hybridized carbons (Fsp3) is 0.130. The second kappa shape index (κ2) is 8.03. The monoisotopic (exact) mass is 432 g/mol. The number of hydrogen-bond acceptors (Lipinski definition) is 5. The SMILES string of the molecule is COC(=O)c1ccc(NC(=O)c2cn(C)c3c(=O)n(-c4ccc(C)cc4)c(=O)[nH]c23)cc1. The average molecular weight is 432 g/mol. The van der Waals surface area contributed by atoms with E-state index in [1.54, 1.807) is 43.4 Å². The van der Waals surface area contributed by atoms with Gasteiger partial charge in [0.05, 0.1) is 29.4 Å². The van der Waals surface area contributed by atoms with Crippen molar-refractivity contribution in [3.05, 3.63) is 92.3 Å². The highest BCUT2D eigenvalue weighted by Gasteiger charge is 2.20. The number of ether oxygens (including phenoxy) is 1. The summed E-state index contributed by atoms with van der Waals surface area (Å²) in [4.78, 5) is 53.0. The zero-order valence-electron chi connectivity index (χ0n) is 17.6. The number of aromatic amines is 1. The smallest absolute Gasteiger partial charge is 0.337 e. The predicted octanol–water partition coefficient (Wildman–Crippen LogP) is 2.36. The molecule has 0 fully saturated rings. The zero-order chi connectivity index (χ0) is 23.0. The lowest BCUT2D eigenvalue weighted by molar-refractivity contribution is 0.0600. The van der Waals surface area contributed by atoms with Gasteiger partial charge in [0.1, 0.15) is 5.52 Å². The highest BCUT2D eigenvalue weighted by atomic mass is 16.5. The minimum atomic E-state index is -0.644. The van der Waals surface area contributed by atoms with E-state index in [9.17, 15) is 19.2 Å². The Morgan fingerprint density at radius 1 is 1.00 bits per heavy atom. The van der Waals surface area contributed by atoms with Crippen LogP contribution >= 0.6 is 0 Å². The third-order valence-corrected chi connectivity index (χ3v) is 5.12. The number of anilines is 1. The molecule has 9 heteroatoms. The number of methoxy groups -OCH3 is 1. The molecule has 0 spiro atoms. The summed E-state index contributed by atoms with van der Waals surface area (Å²) in [6, 6.07) is 13.1. The highest BCUT2D eigenvalue weighted by molar-refractivity contribution is 6.11. The number of benzene rings is 2. The molecule has 0 unspecified atom stereocenters. The van der Waals surface area contributed by atoms with Gasteiger partial charge in [-0.05, 0) is 43.3 Å². The molecule has 4 rings (SSSR count). The molecule has 0 aliphatic heterocycles. The molecular formula is C23H20N4O5. The van der Waals surface area contributed by atoms with Crippen LogP contribution in [-0.2, 0) is 11.8 Å². The van der Waals surface area contributed by atoms with E-state index < -0.39 is 23.1 Å². The third-order valence-electron chi connectivity index (χ3n) is 5.12. The van der Waals surface area contributed by atoms with E-state index in [-0.39, 0.29) is 16.6 Å². The summed E-state index contributed by atoms with van der Waals surface area (Å²) in [7, 11) is 2.91. The number of carbonyl (C=O) groups is 2. The van der Waals surface area contributed by atoms with Crippen molar-refractivity contribution in [2.75, 3.05) is 12.4 Å². The van der Waals surface area contributed by atoms with E-state index in [1.165, 1.54) is 30.0 Å². The van der Waals surface area contributed by atoms with Crippen LogP contribution in [0.3, 0.4) is 0 Å². The number of aryl methyl sites for hydroxylation is 2. The molecule has 2 heterocycles. The van der Waals surface area contributed by atoms with Gasteiger partial charge < -0.3 is 19.6 Å². The van der Waals surface area contributed by atoms with Gasteiger partial charge in [-0.1, -0.05) is 17.7 Å². The predicted molar refractivity (Wildman–Crippen MR) is 120 cm³/mol. The number of amides is 1. The Labute approximate surface area is 181 Å². The Balaban J connectivity index is 1.73. The molecule has 0 saturated carbocycles. The quantitative estimate of drug-likeness (QED) is 0.481. The number of rotatable bonds is 4. The van der Waals surface area contributed by atoms with E-state index >= 15 is 0 Å². The highest BCUT2D eigenvalue weighted by Crippen LogP contribution is 2.18. The summed E-state index contributed by atoms with van der Waals surface area (Å²) in [6.45, 7) is 1.91. The second-order valence-corrected chi connectivity index (χ2v) is 7.31. The van der Waals surface area contributed by atoms with Crippen molar-refractivity contribution in [3.8, 4) is 5.69 Å². The molecule has 2 aromatic heterocycles. The van der Waals surface area contributed by atoms with Gasteiger partial charge in [-0.3, -0.25) is 9.59 Å². The third kappa shape index (κ3) is 3.60. The van der Waals surface area contributed by atoms with Crippen LogP contribution in [0.4, 0.5) is 5.69 Å². The maximum Gasteiger partial charge on any atom is 0.337 e. The van der Waals surface area contributed by atoms with Crippen molar-refractivity contribution >= 4 is 28.6 Å². The Hall–Kier alpha value is -4.40. The number of H-pyrrole nitrogens is 1. The van der Waals surface area contributed by atoms with Gasteiger partial charge in [0.2, 0.25) is 0 Å². The molecular weight excluding hydrogens is 412 g/mol. The van der Waals surface area contributed by atoms with Crippen LogP contribution in [0.5, 0.6) is 0 Å². The summed E-state index contributed by atoms with van der Waals surface area (Å²) >= 11 is 0. The van der Waals surface area contributed by atoms with Crippen molar-refractivity contribution < 1.29 is 14.3 Å². The van der Waals surface area contributed by atoms with Crippen LogP contribution < -0.4 is 16.6 Å². The first-order chi connectivity index (χ1) is 15.3. The normalized spacial score (nSPS) is 10.8. The van der Waals surface area contributed by atoms with Crippen LogP contribution in [0.25, 0.3) is 16.7 Å². The number of aromatic nitrogens is 3. The fourth-order valence-corrected chi connectivity index (χ4v) is 3.48. The number of nitrogens with zero attached hydrogens (tertiary/aromatic N) is 2. The first-order valence-corrected chi connectivity index (χ1v) is 9.71. The number of fused-ring (bicyclic) bond motifs is 1. The van der Waals surface area contributed by atoms with Crippen molar-refractivity contribution in [2.24, 2.45) is 7.05 Å². The molecule has 0 aliphatic rings. The summed E-state index contributed by atoms with van der Waals surface area (Å²) in [5.41, 5.74) is 1.52. The lowest BCUT2D eigenvalue weighted by Gasteiger charge is -2.07. The molecule has 4 aromatic rings. The minimum absolute atomic E-state index is 0.143. The van der Waals surface area contributed by atoms with Gasteiger partial charge in [0, 0.05) is 18.9 Å². The Kier molecular flexibility index (Phi) is 5.23. The molecule has 0 saturated heterocycles. The molecule has 0 radical (unpaired) electrons. The summed E-state index contributed by atoms with van der Waals surface area (Å²) in [5.74, 6) is -0.996. The van der Waals surface area contributed by atoms with Gasteiger partial charge in [0.25, 0.3) is 11.5 Å². The molecule has 162 valence electrons. The van der Waals surface area contributed by atoms with Gasteiger partial charge >= 0.3 is 11.7 Å². The Bertz CT molecular complexity index is 1460. The van der Waals surface area contributed by atoms with E-state index in [1.807, 2.05) is 6.92 Å². The van der Waals surface area contributed by atoms with E-state index in [2.05, 4.69) is 15.0 Å². The van der Waals surface area contributed by atoms with Gasteiger partial charge in [0.15, 0.2) is 0 Å². The maximum atomic E-state index is 13.1. The molecule has 0 aliphatic carbocycles. The summed E-state index contributed by atoms with van der Waals surface area (Å²) in [6.07, 6.45) is 1.49. The number of carbonyl (C=O) groups excluding carboxylic acids is 2. The van der Waals surface area contributed by atoms with Crippen molar-refractivity contribution in [1.82, 2.24) is 14.1 Å². The second-order valence-electron chi connectivity index (χ2n) is 7.31. The van der Waals surface area contributed by atoms with E-state index in [4.69, 9.17) is 0 Å². The Morgan fingerprint density at radius 2 is 1.66 bits per heavy atom. The molecule has 9 nitrogen and oxygen atoms in total. The van der Waals surface area contributed by atoms with Crippen LogP contribution in [0.1, 0.15) is 26.3 Å². The lowest BCUT2D eigenvalue weighted by atomic mass is 10.2. The van der Waals surface area contributed by atoms with E-state index in [0.29, 0.717) is 16.9 Å². The number of nitrogens with one attached hydrogen (secondary N) is 2. The topological polar surface area (TPSA) is 115 Å². The first kappa shape index (κ1) is 20.9. The van der Waals surface area contributed by atoms with E-state index in [0.717, 1.165) is 10.1 Å². The average Bonchev–Trinajstić information content (AvgIpc) is 3.11. The van der Waals surface area contributed by atoms with Crippen LogP contribution in [0.15, 0.2) is 64.3 Å². The lowest BCUT2D eigenvalue weighted by Crippen LogP contribution is -2.34. The maximum absolute atomic E-state index is 13.1. The summed E-state index contributed by atoms with van der Waals surface area (Å²) in [5, 5.41) is 2.70. The standard InChI is InChI=1S/C23H20N4O5/c1-13-4-10-16(11-5-13)27-21(29)19-18(25-23(27)31)17(12-26(19)2)20(28)24-15-8-6-14(7-9-15)22(30)32-3/h4-12H,1-3H3,(H,24,28)(H,25,31). The first-order valence-electron chi connectivity index (χ1n) is 9.71. The summed E-state index contributed by atoms with van der Waals surface area (Å²) < 4.78 is 7.20. The van der Waals surface area contributed by atoms with Gasteiger partial charge in [-0.25, -0.2) is 14.2 Å². The van der Waals surface area contributed by atoms with Crippen molar-refractivity contribution in [1.29, 1.82) is 0 Å². The van der Waals surface area contributed by atoms with Crippen LogP contribution in [0.2, 0.25) is 0 Å². The molecule has 0 bridgehead atoms. The molecule has 2 N–H and O–H groups in total. The Morgan fingerprint density at radius 3 is 2.28 bits per heavy atom. The van der Waals surface area contributed by atoms with Gasteiger partial charge in [-0.2, -0.15) is 0 Å². The van der Waals surface area contributed by atoms with Crippen LogP contribution in [-0.4, -0.2) is 33.1 Å².